The number of hydrogen-bond acceptors (Lipinski definition) is 5. The predicted octanol–water partition coefficient (Wildman–Crippen LogP) is 2.09. The highest BCUT2D eigenvalue weighted by atomic mass is 16.6. The van der Waals surface area contributed by atoms with E-state index in [0.717, 1.165) is 11.3 Å². The van der Waals surface area contributed by atoms with Gasteiger partial charge in [-0.05, 0) is 25.3 Å². The van der Waals surface area contributed by atoms with Gasteiger partial charge in [0.05, 0.1) is 4.92 Å². The third-order valence-electron chi connectivity index (χ3n) is 3.05. The molecule has 116 valence electrons. The van der Waals surface area contributed by atoms with E-state index in [9.17, 15) is 14.9 Å². The largest absolute Gasteiger partial charge is 0.281 e. The summed E-state index contributed by atoms with van der Waals surface area (Å²) in [6.07, 6.45) is 1.70. The minimum atomic E-state index is -0.431. The summed E-state index contributed by atoms with van der Waals surface area (Å²) < 4.78 is 0. The zero-order valence-corrected chi connectivity index (χ0v) is 12.1. The first-order valence-corrected chi connectivity index (χ1v) is 6.85. The maximum Gasteiger partial charge on any atom is 0.269 e. The maximum absolute atomic E-state index is 11.7. The Labute approximate surface area is 127 Å². The molecule has 2 aromatic rings. The van der Waals surface area contributed by atoms with Crippen molar-refractivity contribution in [3.8, 4) is 0 Å². The molecule has 0 saturated carbocycles. The molecular weight excluding hydrogens is 286 g/mol. The Morgan fingerprint density at radius 1 is 1.36 bits per heavy atom. The number of anilines is 1. The topological polar surface area (TPSA) is 113 Å². The molecule has 8 heteroatoms. The Morgan fingerprint density at radius 3 is 2.68 bits per heavy atom. The molecule has 1 heterocycles. The third-order valence-corrected chi connectivity index (χ3v) is 3.05. The zero-order valence-electron chi connectivity index (χ0n) is 12.1. The Balaban J connectivity index is 1.69. The lowest BCUT2D eigenvalue weighted by Gasteiger charge is -2.05. The molecular formula is C14H17N5O3. The Kier molecular flexibility index (Phi) is 5.07. The number of nitro benzene ring substituents is 1. The number of amides is 1. The fraction of sp³-hybridized carbons (Fsp3) is 0.286. The lowest BCUT2D eigenvalue weighted by molar-refractivity contribution is -0.384. The summed E-state index contributed by atoms with van der Waals surface area (Å²) in [5.74, 6) is 0.420. The number of carbonyl (C=O) groups is 1. The third kappa shape index (κ3) is 4.58. The molecule has 0 radical (unpaired) electrons. The van der Waals surface area contributed by atoms with E-state index in [-0.39, 0.29) is 11.6 Å². The first kappa shape index (κ1) is 15.5. The smallest absolute Gasteiger partial charge is 0.269 e. The number of hydrogen-bond donors (Lipinski definition) is 3. The van der Waals surface area contributed by atoms with Gasteiger partial charge in [-0.1, -0.05) is 12.1 Å². The van der Waals surface area contributed by atoms with Crippen LogP contribution in [-0.2, 0) is 11.2 Å². The number of aromatic nitrogens is 2. The van der Waals surface area contributed by atoms with Crippen molar-refractivity contribution >= 4 is 17.4 Å². The van der Waals surface area contributed by atoms with Gasteiger partial charge in [-0.3, -0.25) is 30.9 Å². The van der Waals surface area contributed by atoms with E-state index in [4.69, 9.17) is 0 Å². The van der Waals surface area contributed by atoms with Gasteiger partial charge in [0.2, 0.25) is 5.91 Å². The van der Waals surface area contributed by atoms with Crippen LogP contribution in [0.1, 0.15) is 24.1 Å². The van der Waals surface area contributed by atoms with Crippen LogP contribution in [0.25, 0.3) is 0 Å². The molecule has 1 aromatic carbocycles. The van der Waals surface area contributed by atoms with E-state index in [1.54, 1.807) is 18.2 Å². The number of H-pyrrole nitrogens is 1. The van der Waals surface area contributed by atoms with E-state index in [0.29, 0.717) is 25.1 Å². The second-order valence-corrected chi connectivity index (χ2v) is 4.89. The highest BCUT2D eigenvalue weighted by Crippen LogP contribution is 2.13. The van der Waals surface area contributed by atoms with E-state index in [1.807, 2.05) is 6.92 Å². The summed E-state index contributed by atoms with van der Waals surface area (Å²) in [5.41, 5.74) is 7.21. The average molecular weight is 303 g/mol. The van der Waals surface area contributed by atoms with Gasteiger partial charge in [0.15, 0.2) is 5.82 Å². The minimum Gasteiger partial charge on any atom is -0.281 e. The van der Waals surface area contributed by atoms with Gasteiger partial charge in [-0.2, -0.15) is 5.10 Å². The molecule has 0 spiro atoms. The second kappa shape index (κ2) is 7.21. The van der Waals surface area contributed by atoms with E-state index >= 15 is 0 Å². The van der Waals surface area contributed by atoms with Crippen molar-refractivity contribution < 1.29 is 9.72 Å². The number of carbonyl (C=O) groups excluding carboxylic acids is 1. The maximum atomic E-state index is 11.7. The van der Waals surface area contributed by atoms with Gasteiger partial charge in [0.1, 0.15) is 0 Å². The van der Waals surface area contributed by atoms with Crippen molar-refractivity contribution in [3.63, 3.8) is 0 Å². The fourth-order valence-corrected chi connectivity index (χ4v) is 1.92. The molecule has 0 aliphatic rings. The standard InChI is InChI=1S/C14H17N5O3/c1-10-9-13(16-15-10)17-18-14(20)4-2-3-11-5-7-12(8-6-11)19(21)22/h5-9H,2-4H2,1H3,(H,18,20)(H2,15,16,17). The number of aryl methyl sites for hydroxylation is 2. The number of non-ortho nitro benzene ring substituents is 1. The molecule has 0 unspecified atom stereocenters. The van der Waals surface area contributed by atoms with Crippen LogP contribution in [0.2, 0.25) is 0 Å². The fourth-order valence-electron chi connectivity index (χ4n) is 1.92. The molecule has 0 aliphatic heterocycles. The highest BCUT2D eigenvalue weighted by Gasteiger charge is 2.05. The van der Waals surface area contributed by atoms with Crippen LogP contribution in [0.3, 0.4) is 0 Å². The second-order valence-electron chi connectivity index (χ2n) is 4.89. The summed E-state index contributed by atoms with van der Waals surface area (Å²) in [6, 6.07) is 8.13. The molecule has 0 saturated heterocycles. The quantitative estimate of drug-likeness (QED) is 0.535. The first-order valence-electron chi connectivity index (χ1n) is 6.85. The van der Waals surface area contributed by atoms with Crippen LogP contribution in [0.4, 0.5) is 11.5 Å². The highest BCUT2D eigenvalue weighted by molar-refractivity contribution is 5.77. The predicted molar refractivity (Wildman–Crippen MR) is 81.1 cm³/mol. The summed E-state index contributed by atoms with van der Waals surface area (Å²) >= 11 is 0. The van der Waals surface area contributed by atoms with Crippen molar-refractivity contribution in [2.24, 2.45) is 0 Å². The van der Waals surface area contributed by atoms with Crippen molar-refractivity contribution in [2.45, 2.75) is 26.2 Å². The lowest BCUT2D eigenvalue weighted by atomic mass is 10.1. The number of nitrogens with one attached hydrogen (secondary N) is 3. The Morgan fingerprint density at radius 2 is 2.09 bits per heavy atom. The van der Waals surface area contributed by atoms with Crippen LogP contribution < -0.4 is 10.9 Å². The van der Waals surface area contributed by atoms with Gasteiger partial charge in [-0.25, -0.2) is 0 Å². The molecule has 1 aromatic heterocycles. The van der Waals surface area contributed by atoms with Crippen LogP contribution in [0.15, 0.2) is 30.3 Å². The van der Waals surface area contributed by atoms with Gasteiger partial charge in [-0.15, -0.1) is 0 Å². The van der Waals surface area contributed by atoms with Gasteiger partial charge >= 0.3 is 0 Å². The number of hydrazine groups is 1. The van der Waals surface area contributed by atoms with E-state index in [2.05, 4.69) is 21.0 Å². The minimum absolute atomic E-state index is 0.0694. The van der Waals surface area contributed by atoms with Crippen molar-refractivity contribution in [2.75, 3.05) is 5.43 Å². The molecule has 0 bridgehead atoms. The van der Waals surface area contributed by atoms with Crippen LogP contribution in [0.5, 0.6) is 0 Å². The average Bonchev–Trinajstić information content (AvgIpc) is 2.91. The lowest BCUT2D eigenvalue weighted by Crippen LogP contribution is -2.29. The zero-order chi connectivity index (χ0) is 15.9. The van der Waals surface area contributed by atoms with Crippen molar-refractivity contribution in [3.05, 3.63) is 51.7 Å². The number of nitrogens with zero attached hydrogens (tertiary/aromatic N) is 2. The van der Waals surface area contributed by atoms with E-state index in [1.165, 1.54) is 12.1 Å². The normalized spacial score (nSPS) is 10.2. The molecule has 8 nitrogen and oxygen atoms in total. The first-order chi connectivity index (χ1) is 10.5. The number of nitro groups is 1. The van der Waals surface area contributed by atoms with Gasteiger partial charge < -0.3 is 0 Å². The monoisotopic (exact) mass is 303 g/mol. The Hall–Kier alpha value is -2.90. The summed E-state index contributed by atoms with van der Waals surface area (Å²) in [7, 11) is 0. The summed E-state index contributed by atoms with van der Waals surface area (Å²) in [6.45, 7) is 1.87. The van der Waals surface area contributed by atoms with E-state index < -0.39 is 4.92 Å². The summed E-state index contributed by atoms with van der Waals surface area (Å²) in [4.78, 5) is 21.8. The van der Waals surface area contributed by atoms with Crippen molar-refractivity contribution in [1.82, 2.24) is 15.6 Å². The van der Waals surface area contributed by atoms with Gasteiger partial charge in [0, 0.05) is 30.3 Å². The van der Waals surface area contributed by atoms with Crippen LogP contribution >= 0.6 is 0 Å². The molecule has 0 aliphatic carbocycles. The Bertz CT molecular complexity index is 651. The molecule has 1 amide bonds. The molecule has 3 N–H and O–H groups in total. The molecule has 0 atom stereocenters. The number of aromatic amines is 1. The molecule has 2 rings (SSSR count). The molecule has 0 fully saturated rings. The van der Waals surface area contributed by atoms with Crippen LogP contribution in [0, 0.1) is 17.0 Å². The van der Waals surface area contributed by atoms with Crippen LogP contribution in [-0.4, -0.2) is 21.0 Å². The summed E-state index contributed by atoms with van der Waals surface area (Å²) in [5, 5.41) is 17.2. The number of rotatable bonds is 7. The molecule has 22 heavy (non-hydrogen) atoms. The number of benzene rings is 1. The van der Waals surface area contributed by atoms with Gasteiger partial charge in [0.25, 0.3) is 5.69 Å². The van der Waals surface area contributed by atoms with Crippen molar-refractivity contribution in [1.29, 1.82) is 0 Å². The SMILES string of the molecule is Cc1cc(NNC(=O)CCCc2ccc([N+](=O)[O-])cc2)n[nH]1.